The maximum atomic E-state index is 12.4. The molecule has 1 unspecified atom stereocenters. The lowest BCUT2D eigenvalue weighted by Crippen LogP contribution is -2.38. The second kappa shape index (κ2) is 11.9. The van der Waals surface area contributed by atoms with Gasteiger partial charge in [-0.2, -0.15) is 0 Å². The minimum atomic E-state index is -0.820. The highest BCUT2D eigenvalue weighted by molar-refractivity contribution is 5.77. The Morgan fingerprint density at radius 2 is 2.21 bits per heavy atom. The van der Waals surface area contributed by atoms with Gasteiger partial charge in [0.15, 0.2) is 0 Å². The number of carbonyl (C=O) groups excluding carboxylic acids is 1. The van der Waals surface area contributed by atoms with Gasteiger partial charge in [0.1, 0.15) is 0 Å². The molecule has 6 heteroatoms. The van der Waals surface area contributed by atoms with E-state index in [4.69, 9.17) is 5.11 Å². The molecule has 0 saturated carbocycles. The van der Waals surface area contributed by atoms with Crippen LogP contribution in [0.5, 0.6) is 0 Å². The quantitative estimate of drug-likeness (QED) is 0.408. The number of aliphatic hydroxyl groups excluding tert-OH is 1. The fourth-order valence-electron chi connectivity index (χ4n) is 3.13. The van der Waals surface area contributed by atoms with Crippen LogP contribution in [0.25, 0.3) is 0 Å². The van der Waals surface area contributed by atoms with E-state index in [0.717, 1.165) is 25.0 Å². The Morgan fingerprint density at radius 1 is 1.36 bits per heavy atom. The average Bonchev–Trinajstić information content (AvgIpc) is 2.85. The number of carbonyl (C=O) groups is 2. The van der Waals surface area contributed by atoms with Gasteiger partial charge in [0, 0.05) is 37.6 Å². The summed E-state index contributed by atoms with van der Waals surface area (Å²) in [6.07, 6.45) is 9.44. The molecule has 2 heterocycles. The second-order valence-electron chi connectivity index (χ2n) is 6.91. The van der Waals surface area contributed by atoms with Crippen molar-refractivity contribution in [2.45, 2.75) is 63.5 Å². The molecule has 0 radical (unpaired) electrons. The lowest BCUT2D eigenvalue weighted by molar-refractivity contribution is -0.137. The zero-order chi connectivity index (χ0) is 20.2. The smallest absolute Gasteiger partial charge is 0.303 e. The fraction of sp³-hybridized carbons (Fsp3) is 0.500. The van der Waals surface area contributed by atoms with E-state index in [1.807, 2.05) is 24.3 Å². The molecule has 0 bridgehead atoms. The van der Waals surface area contributed by atoms with Crippen LogP contribution in [0.3, 0.4) is 0 Å². The first-order valence-electron chi connectivity index (χ1n) is 9.79. The van der Waals surface area contributed by atoms with Crippen molar-refractivity contribution in [2.24, 2.45) is 0 Å². The number of pyridine rings is 1. The number of rotatable bonds is 8. The van der Waals surface area contributed by atoms with E-state index in [1.54, 1.807) is 17.2 Å². The standard InChI is InChI=1S/C22H28N2O4/c25-20(17-18-9-6-7-15-23-18)14-13-19-10-4-5-11-21(26)24(19)16-8-2-1-3-12-22(27)28/h6-7,9,13-15,19-20,25H,1,3-5,10-12,16-17H2,(H,27,28)/t19-,20?/m1/s1. The lowest BCUT2D eigenvalue weighted by atomic mass is 10.1. The third kappa shape index (κ3) is 7.93. The molecule has 0 aliphatic carbocycles. The third-order valence-electron chi connectivity index (χ3n) is 4.63. The Kier molecular flexibility index (Phi) is 9.23. The molecule has 6 nitrogen and oxygen atoms in total. The lowest BCUT2D eigenvalue weighted by Gasteiger charge is -2.26. The van der Waals surface area contributed by atoms with E-state index in [1.165, 1.54) is 0 Å². The molecule has 1 aromatic heterocycles. The van der Waals surface area contributed by atoms with Crippen LogP contribution in [0.2, 0.25) is 0 Å². The minimum Gasteiger partial charge on any atom is -0.481 e. The summed E-state index contributed by atoms with van der Waals surface area (Å²) < 4.78 is 0. The number of hydrogen-bond donors (Lipinski definition) is 2. The van der Waals surface area contributed by atoms with Crippen LogP contribution in [0.1, 0.15) is 50.6 Å². The summed E-state index contributed by atoms with van der Waals surface area (Å²) in [5.74, 6) is 5.21. The number of aliphatic hydroxyl groups is 1. The summed E-state index contributed by atoms with van der Waals surface area (Å²) in [5, 5.41) is 18.9. The molecule has 1 aromatic rings. The minimum absolute atomic E-state index is 0.0752. The van der Waals surface area contributed by atoms with Crippen LogP contribution >= 0.6 is 0 Å². The molecular weight excluding hydrogens is 356 g/mol. The highest BCUT2D eigenvalue weighted by Crippen LogP contribution is 2.19. The van der Waals surface area contributed by atoms with Gasteiger partial charge in [0.05, 0.1) is 18.7 Å². The molecule has 2 N–H and O–H groups in total. The second-order valence-corrected chi connectivity index (χ2v) is 6.91. The van der Waals surface area contributed by atoms with Crippen molar-refractivity contribution < 1.29 is 19.8 Å². The van der Waals surface area contributed by atoms with Gasteiger partial charge in [-0.1, -0.05) is 30.6 Å². The third-order valence-corrected chi connectivity index (χ3v) is 4.63. The van der Waals surface area contributed by atoms with E-state index in [-0.39, 0.29) is 18.4 Å². The molecule has 1 fully saturated rings. The van der Waals surface area contributed by atoms with Crippen molar-refractivity contribution >= 4 is 11.9 Å². The molecule has 1 amide bonds. The Bertz CT molecular complexity index is 721. The first-order valence-corrected chi connectivity index (χ1v) is 9.79. The maximum Gasteiger partial charge on any atom is 0.303 e. The van der Waals surface area contributed by atoms with Gasteiger partial charge in [-0.05, 0) is 31.4 Å². The Morgan fingerprint density at radius 3 is 2.96 bits per heavy atom. The van der Waals surface area contributed by atoms with Gasteiger partial charge < -0.3 is 15.1 Å². The largest absolute Gasteiger partial charge is 0.481 e. The van der Waals surface area contributed by atoms with Gasteiger partial charge in [-0.3, -0.25) is 14.6 Å². The number of amides is 1. The molecule has 0 spiro atoms. The van der Waals surface area contributed by atoms with E-state index >= 15 is 0 Å². The monoisotopic (exact) mass is 384 g/mol. The molecule has 150 valence electrons. The first-order chi connectivity index (χ1) is 13.6. The van der Waals surface area contributed by atoms with Crippen molar-refractivity contribution in [3.63, 3.8) is 0 Å². The summed E-state index contributed by atoms with van der Waals surface area (Å²) in [7, 11) is 0. The topological polar surface area (TPSA) is 90.7 Å². The zero-order valence-electron chi connectivity index (χ0n) is 16.1. The Hall–Kier alpha value is -2.65. The summed E-state index contributed by atoms with van der Waals surface area (Å²) in [5.41, 5.74) is 0.820. The fourth-order valence-corrected chi connectivity index (χ4v) is 3.13. The van der Waals surface area contributed by atoms with Gasteiger partial charge in [-0.15, -0.1) is 5.92 Å². The summed E-state index contributed by atoms with van der Waals surface area (Å²) in [4.78, 5) is 28.9. The van der Waals surface area contributed by atoms with Crippen molar-refractivity contribution in [1.82, 2.24) is 9.88 Å². The average molecular weight is 384 g/mol. The van der Waals surface area contributed by atoms with Crippen LogP contribution < -0.4 is 0 Å². The van der Waals surface area contributed by atoms with Crippen LogP contribution in [0, 0.1) is 11.8 Å². The normalized spacial score (nSPS) is 18.4. The van der Waals surface area contributed by atoms with Crippen molar-refractivity contribution in [3.8, 4) is 11.8 Å². The van der Waals surface area contributed by atoms with E-state index in [9.17, 15) is 14.7 Å². The molecule has 1 saturated heterocycles. The van der Waals surface area contributed by atoms with Crippen LogP contribution in [0.15, 0.2) is 36.5 Å². The number of aliphatic carboxylic acids is 1. The molecular formula is C22H28N2O4. The molecule has 2 atom stereocenters. The highest BCUT2D eigenvalue weighted by Gasteiger charge is 2.23. The molecule has 1 aliphatic rings. The predicted molar refractivity (Wildman–Crippen MR) is 106 cm³/mol. The molecule has 0 aromatic carbocycles. The summed E-state index contributed by atoms with van der Waals surface area (Å²) in [6, 6.07) is 5.52. The number of likely N-dealkylation sites (tertiary alicyclic amines) is 1. The highest BCUT2D eigenvalue weighted by atomic mass is 16.4. The predicted octanol–water partition coefficient (Wildman–Crippen LogP) is 2.57. The van der Waals surface area contributed by atoms with Crippen molar-refractivity contribution in [1.29, 1.82) is 0 Å². The Labute approximate surface area is 166 Å². The van der Waals surface area contributed by atoms with Gasteiger partial charge in [0.25, 0.3) is 0 Å². The van der Waals surface area contributed by atoms with Crippen LogP contribution in [-0.2, 0) is 16.0 Å². The first kappa shape index (κ1) is 21.6. The number of unbranched alkanes of at least 4 members (excludes halogenated alkanes) is 1. The number of nitrogens with zero attached hydrogens (tertiary/aromatic N) is 2. The van der Waals surface area contributed by atoms with Gasteiger partial charge in [-0.25, -0.2) is 0 Å². The van der Waals surface area contributed by atoms with Crippen LogP contribution in [0.4, 0.5) is 0 Å². The Balaban J connectivity index is 1.93. The molecule has 2 rings (SSSR count). The molecule has 1 aliphatic heterocycles. The summed E-state index contributed by atoms with van der Waals surface area (Å²) >= 11 is 0. The number of aromatic nitrogens is 1. The number of carboxylic acids is 1. The summed E-state index contributed by atoms with van der Waals surface area (Å²) in [6.45, 7) is 0.331. The maximum absolute atomic E-state index is 12.4. The van der Waals surface area contributed by atoms with E-state index in [2.05, 4.69) is 16.8 Å². The number of carboxylic acid groups (broad SMARTS) is 1. The zero-order valence-corrected chi connectivity index (χ0v) is 16.1. The SMILES string of the molecule is O=C(O)CCCC#CCN1C(=O)CCCC[C@@H]1C=CC(O)Cc1ccccn1. The van der Waals surface area contributed by atoms with E-state index in [0.29, 0.717) is 32.2 Å². The van der Waals surface area contributed by atoms with E-state index < -0.39 is 12.1 Å². The number of hydrogen-bond acceptors (Lipinski definition) is 4. The van der Waals surface area contributed by atoms with Crippen molar-refractivity contribution in [3.05, 3.63) is 42.2 Å². The molecule has 28 heavy (non-hydrogen) atoms. The van der Waals surface area contributed by atoms with Crippen molar-refractivity contribution in [2.75, 3.05) is 6.54 Å². The van der Waals surface area contributed by atoms with Gasteiger partial charge in [0.2, 0.25) is 5.91 Å². The van der Waals surface area contributed by atoms with Gasteiger partial charge >= 0.3 is 5.97 Å². The van der Waals surface area contributed by atoms with Crippen LogP contribution in [-0.4, -0.2) is 50.7 Å².